The summed E-state index contributed by atoms with van der Waals surface area (Å²) in [6, 6.07) is 20.1. The number of carbonyl (C=O) groups is 1. The van der Waals surface area contributed by atoms with Crippen LogP contribution in [0.15, 0.2) is 77.7 Å². The summed E-state index contributed by atoms with van der Waals surface area (Å²) in [4.78, 5) is 14.4. The van der Waals surface area contributed by atoms with Gasteiger partial charge in [-0.25, -0.2) is 0 Å². The number of amides is 1. The third-order valence-corrected chi connectivity index (χ3v) is 7.52. The lowest BCUT2D eigenvalue weighted by molar-refractivity contribution is -0.124. The minimum atomic E-state index is -0.642. The number of fused-ring (bicyclic) bond motifs is 2. The van der Waals surface area contributed by atoms with Gasteiger partial charge < -0.3 is 5.32 Å². The van der Waals surface area contributed by atoms with Gasteiger partial charge in [-0.1, -0.05) is 60.7 Å². The third-order valence-electron chi connectivity index (χ3n) is 5.13. The zero-order chi connectivity index (χ0) is 17.3. The molecule has 1 fully saturated rings. The zero-order valence-electron chi connectivity index (χ0n) is 13.8. The number of thioether (sulfide) groups is 1. The molecule has 0 radical (unpaired) electrons. The van der Waals surface area contributed by atoms with Crippen LogP contribution in [0.25, 0.3) is 0 Å². The number of nitrogens with one attached hydrogen (secondary N) is 1. The largest absolute Gasteiger partial charge is 0.351 e. The molecule has 2 aliphatic carbocycles. The second kappa shape index (κ2) is 6.89. The van der Waals surface area contributed by atoms with Crippen molar-refractivity contribution in [1.82, 2.24) is 5.32 Å². The number of hydrogen-bond donors (Lipinski definition) is 1. The maximum Gasteiger partial charge on any atom is 0.239 e. The summed E-state index contributed by atoms with van der Waals surface area (Å²) in [7, 11) is 0. The highest BCUT2D eigenvalue weighted by Gasteiger charge is 2.60. The van der Waals surface area contributed by atoms with E-state index in [1.165, 1.54) is 0 Å². The molecule has 1 saturated carbocycles. The summed E-state index contributed by atoms with van der Waals surface area (Å²) in [5.74, 6) is 0.508. The van der Waals surface area contributed by atoms with Crippen LogP contribution in [0.1, 0.15) is 12.0 Å². The van der Waals surface area contributed by atoms with Crippen molar-refractivity contribution in [3.63, 3.8) is 0 Å². The number of halogens is 1. The highest BCUT2D eigenvalue weighted by molar-refractivity contribution is 8.01. The smallest absolute Gasteiger partial charge is 0.239 e. The summed E-state index contributed by atoms with van der Waals surface area (Å²) in [5, 5.41) is 2.95. The van der Waals surface area contributed by atoms with Crippen molar-refractivity contribution in [3.8, 4) is 0 Å². The predicted molar refractivity (Wildman–Crippen MR) is 104 cm³/mol. The highest BCUT2D eigenvalue weighted by atomic mass is 35.5. The second-order valence-electron chi connectivity index (χ2n) is 6.67. The number of allylic oxidation sites excluding steroid dienone is 2. The van der Waals surface area contributed by atoms with Gasteiger partial charge in [0.05, 0.1) is 5.38 Å². The summed E-state index contributed by atoms with van der Waals surface area (Å²) in [6.45, 7) is 0.529. The Kier molecular flexibility index (Phi) is 4.61. The topological polar surface area (TPSA) is 29.1 Å². The van der Waals surface area contributed by atoms with Gasteiger partial charge in [-0.3, -0.25) is 4.79 Å². The molecule has 2 bridgehead atoms. The third kappa shape index (κ3) is 3.00. The monoisotopic (exact) mass is 369 g/mol. The molecule has 2 nitrogen and oxygen atoms in total. The molecule has 4 atom stereocenters. The van der Waals surface area contributed by atoms with E-state index >= 15 is 0 Å². The average molecular weight is 370 g/mol. The Morgan fingerprint density at radius 1 is 1.08 bits per heavy atom. The van der Waals surface area contributed by atoms with Crippen LogP contribution in [0.2, 0.25) is 0 Å². The van der Waals surface area contributed by atoms with E-state index in [1.807, 2.05) is 48.5 Å². The Bertz CT molecular complexity index is 779. The van der Waals surface area contributed by atoms with Gasteiger partial charge in [0.15, 0.2) is 0 Å². The Hall–Kier alpha value is -1.71. The fraction of sp³-hybridized carbons (Fsp3) is 0.286. The maximum absolute atomic E-state index is 13.3. The molecule has 4 heteroatoms. The quantitative estimate of drug-likeness (QED) is 0.614. The van der Waals surface area contributed by atoms with Crippen molar-refractivity contribution in [2.24, 2.45) is 11.8 Å². The van der Waals surface area contributed by atoms with Gasteiger partial charge in [0.1, 0.15) is 4.75 Å². The number of hydrogen-bond acceptors (Lipinski definition) is 2. The summed E-state index contributed by atoms with van der Waals surface area (Å²) in [5.41, 5.74) is 1.10. The van der Waals surface area contributed by atoms with Crippen molar-refractivity contribution in [2.75, 3.05) is 0 Å². The first kappa shape index (κ1) is 16.7. The minimum Gasteiger partial charge on any atom is -0.351 e. The predicted octanol–water partition coefficient (Wildman–Crippen LogP) is 4.65. The van der Waals surface area contributed by atoms with Crippen LogP contribution in [0.5, 0.6) is 0 Å². The molecule has 2 aromatic rings. The van der Waals surface area contributed by atoms with Crippen LogP contribution < -0.4 is 5.32 Å². The van der Waals surface area contributed by atoms with E-state index in [-0.39, 0.29) is 23.1 Å². The maximum atomic E-state index is 13.3. The molecular weight excluding hydrogens is 350 g/mol. The average Bonchev–Trinajstić information content (AvgIpc) is 3.24. The SMILES string of the molecule is O=C(NCc1ccccc1)[C@]1(Sc2ccccc2)[C@@H]2C=C[C@@H](C2)[C@H]1Cl. The normalized spacial score (nSPS) is 29.7. The van der Waals surface area contributed by atoms with Crippen molar-refractivity contribution in [3.05, 3.63) is 78.4 Å². The molecule has 0 unspecified atom stereocenters. The summed E-state index contributed by atoms with van der Waals surface area (Å²) in [6.07, 6.45) is 5.32. The molecule has 0 heterocycles. The van der Waals surface area contributed by atoms with Crippen LogP contribution in [0.4, 0.5) is 0 Å². The highest BCUT2D eigenvalue weighted by Crippen LogP contribution is 2.57. The van der Waals surface area contributed by atoms with Gasteiger partial charge in [0.25, 0.3) is 0 Å². The second-order valence-corrected chi connectivity index (χ2v) is 8.49. The Morgan fingerprint density at radius 3 is 2.40 bits per heavy atom. The number of alkyl halides is 1. The van der Waals surface area contributed by atoms with Gasteiger partial charge in [0, 0.05) is 17.4 Å². The van der Waals surface area contributed by atoms with E-state index in [1.54, 1.807) is 11.8 Å². The lowest BCUT2D eigenvalue weighted by atomic mass is 9.91. The van der Waals surface area contributed by atoms with Crippen molar-refractivity contribution >= 4 is 29.3 Å². The van der Waals surface area contributed by atoms with E-state index in [2.05, 4.69) is 29.6 Å². The number of rotatable bonds is 5. The van der Waals surface area contributed by atoms with E-state index < -0.39 is 4.75 Å². The van der Waals surface area contributed by atoms with Crippen LogP contribution >= 0.6 is 23.4 Å². The molecule has 0 aromatic heterocycles. The number of benzene rings is 2. The lowest BCUT2D eigenvalue weighted by Gasteiger charge is -2.37. The van der Waals surface area contributed by atoms with Crippen molar-refractivity contribution < 1.29 is 4.79 Å². The molecule has 128 valence electrons. The molecule has 2 aliphatic rings. The van der Waals surface area contributed by atoms with Gasteiger partial charge in [-0.05, 0) is 30.0 Å². The summed E-state index contributed by atoms with van der Waals surface area (Å²) < 4.78 is -0.642. The van der Waals surface area contributed by atoms with Gasteiger partial charge in [-0.2, -0.15) is 0 Å². The summed E-state index contributed by atoms with van der Waals surface area (Å²) >= 11 is 8.44. The molecule has 4 rings (SSSR count). The fourth-order valence-electron chi connectivity index (χ4n) is 3.86. The molecule has 25 heavy (non-hydrogen) atoms. The first-order valence-electron chi connectivity index (χ1n) is 8.59. The van der Waals surface area contributed by atoms with E-state index in [4.69, 9.17) is 11.6 Å². The van der Waals surface area contributed by atoms with E-state index in [9.17, 15) is 4.79 Å². The van der Waals surface area contributed by atoms with Gasteiger partial charge >= 0.3 is 0 Å². The Morgan fingerprint density at radius 2 is 1.76 bits per heavy atom. The lowest BCUT2D eigenvalue weighted by Crippen LogP contribution is -2.52. The molecule has 1 amide bonds. The Labute approximate surface area is 157 Å². The Balaban J connectivity index is 1.60. The fourth-order valence-corrected chi connectivity index (χ4v) is 5.90. The zero-order valence-corrected chi connectivity index (χ0v) is 15.3. The molecule has 2 aromatic carbocycles. The number of carbonyl (C=O) groups excluding carboxylic acids is 1. The molecular formula is C21H20ClNOS. The molecule has 0 aliphatic heterocycles. The van der Waals surface area contributed by atoms with Gasteiger partial charge in [0.2, 0.25) is 5.91 Å². The molecule has 0 saturated heterocycles. The molecule has 1 N–H and O–H groups in total. The van der Waals surface area contributed by atoms with Gasteiger partial charge in [-0.15, -0.1) is 23.4 Å². The van der Waals surface area contributed by atoms with Crippen LogP contribution in [-0.4, -0.2) is 16.0 Å². The minimum absolute atomic E-state index is 0.0436. The van der Waals surface area contributed by atoms with Crippen molar-refractivity contribution in [1.29, 1.82) is 0 Å². The van der Waals surface area contributed by atoms with E-state index in [0.29, 0.717) is 6.54 Å². The van der Waals surface area contributed by atoms with Crippen LogP contribution in [-0.2, 0) is 11.3 Å². The van der Waals surface area contributed by atoms with E-state index in [0.717, 1.165) is 16.9 Å². The molecule has 0 spiro atoms. The van der Waals surface area contributed by atoms with Crippen LogP contribution in [0.3, 0.4) is 0 Å². The standard InChI is InChI=1S/C21H20ClNOS/c22-19-16-11-12-17(13-16)21(19,25-18-9-5-2-6-10-18)20(24)23-14-15-7-3-1-4-8-15/h1-12,16-17,19H,13-14H2,(H,23,24)/t16-,17+,19+,21-/m0/s1. The van der Waals surface area contributed by atoms with Crippen molar-refractivity contribution in [2.45, 2.75) is 28.0 Å². The first-order valence-corrected chi connectivity index (χ1v) is 9.84. The first-order chi connectivity index (χ1) is 12.2. The van der Waals surface area contributed by atoms with Crippen LogP contribution in [0, 0.1) is 11.8 Å².